The van der Waals surface area contributed by atoms with Gasteiger partial charge in [-0.05, 0) is 66.0 Å². The van der Waals surface area contributed by atoms with Crippen LogP contribution in [0.1, 0.15) is 192 Å². The second-order valence-electron chi connectivity index (χ2n) is 12.9. The van der Waals surface area contributed by atoms with E-state index in [2.05, 4.69) is 51.1 Å². The average molecular weight is 549 g/mol. The summed E-state index contributed by atoms with van der Waals surface area (Å²) in [4.78, 5) is 0. The van der Waals surface area contributed by atoms with Crippen LogP contribution < -0.4 is 0 Å². The van der Waals surface area contributed by atoms with Crippen LogP contribution in [-0.4, -0.2) is 0 Å². The molecule has 0 N–H and O–H groups in total. The number of benzene rings is 2. The lowest BCUT2D eigenvalue weighted by Gasteiger charge is -2.19. The molecule has 2 aromatic carbocycles. The van der Waals surface area contributed by atoms with E-state index in [0.717, 1.165) is 0 Å². The van der Waals surface area contributed by atoms with Gasteiger partial charge in [-0.15, -0.1) is 0 Å². The molecule has 0 atom stereocenters. The summed E-state index contributed by atoms with van der Waals surface area (Å²) in [5.74, 6) is 0. The highest BCUT2D eigenvalue weighted by molar-refractivity contribution is 5.88. The summed E-state index contributed by atoms with van der Waals surface area (Å²) in [6, 6.07) is 11.9. The first-order valence-electron chi connectivity index (χ1n) is 18.3. The Hall–Kier alpha value is -1.30. The molecule has 0 spiro atoms. The fraction of sp³-hybridized carbons (Fsp3) is 0.750. The van der Waals surface area contributed by atoms with Gasteiger partial charge in [0.05, 0.1) is 0 Å². The molecular formula is C40H68. The Bertz CT molecular complexity index is 846. The minimum absolute atomic E-state index is 1.28. The third kappa shape index (κ3) is 15.1. The first-order valence-corrected chi connectivity index (χ1v) is 18.3. The van der Waals surface area contributed by atoms with Crippen molar-refractivity contribution in [3.8, 4) is 0 Å². The van der Waals surface area contributed by atoms with Crippen LogP contribution in [0.5, 0.6) is 0 Å². The molecule has 2 aromatic rings. The van der Waals surface area contributed by atoms with Crippen molar-refractivity contribution < 1.29 is 0 Å². The van der Waals surface area contributed by atoms with Crippen LogP contribution in [0.3, 0.4) is 0 Å². The molecule has 0 aromatic heterocycles. The third-order valence-corrected chi connectivity index (χ3v) is 9.23. The normalized spacial score (nSPS) is 11.6. The van der Waals surface area contributed by atoms with Gasteiger partial charge in [0, 0.05) is 0 Å². The highest BCUT2D eigenvalue weighted by Crippen LogP contribution is 2.31. The number of hydrogen-bond acceptors (Lipinski definition) is 0. The Morgan fingerprint density at radius 2 is 0.750 bits per heavy atom. The Kier molecular flexibility index (Phi) is 21.2. The molecule has 228 valence electrons. The summed E-state index contributed by atoms with van der Waals surface area (Å²) in [7, 11) is 0. The number of unbranched alkanes of at least 4 members (excludes halogenated alkanes) is 21. The van der Waals surface area contributed by atoms with Crippen LogP contribution in [0, 0.1) is 0 Å². The lowest BCUT2D eigenvalue weighted by molar-refractivity contribution is 0.555. The van der Waals surface area contributed by atoms with Gasteiger partial charge in [0.1, 0.15) is 0 Å². The number of fused-ring (bicyclic) bond motifs is 1. The summed E-state index contributed by atoms with van der Waals surface area (Å²) in [5.41, 5.74) is 5.18. The minimum atomic E-state index is 1.28. The standard InChI is InChI=1S/C40H68/c1-4-7-10-13-16-17-18-21-22-25-30-36-35-37-31-28-29-33-39(37)40(34-27-24-20-15-12-9-6-3)38(36)32-26-23-19-14-11-8-5-2/h28-29,31,33,35H,4-27,30,32,34H2,1-3H3. The van der Waals surface area contributed by atoms with Crippen molar-refractivity contribution in [1.82, 2.24) is 0 Å². The molecular weight excluding hydrogens is 480 g/mol. The Labute approximate surface area is 251 Å². The molecule has 40 heavy (non-hydrogen) atoms. The van der Waals surface area contributed by atoms with Crippen molar-refractivity contribution in [3.63, 3.8) is 0 Å². The zero-order chi connectivity index (χ0) is 28.5. The van der Waals surface area contributed by atoms with Crippen molar-refractivity contribution in [2.45, 2.75) is 194 Å². The monoisotopic (exact) mass is 549 g/mol. The first-order chi connectivity index (χ1) is 19.8. The molecule has 0 aliphatic rings. The highest BCUT2D eigenvalue weighted by atomic mass is 14.2. The van der Waals surface area contributed by atoms with Gasteiger partial charge in [-0.1, -0.05) is 186 Å². The van der Waals surface area contributed by atoms with Crippen molar-refractivity contribution >= 4 is 10.8 Å². The summed E-state index contributed by atoms with van der Waals surface area (Å²) >= 11 is 0. The van der Waals surface area contributed by atoms with E-state index in [1.165, 1.54) is 179 Å². The molecule has 2 rings (SSSR count). The zero-order valence-corrected chi connectivity index (χ0v) is 27.5. The quantitative estimate of drug-likeness (QED) is 0.0974. The summed E-state index contributed by atoms with van der Waals surface area (Å²) < 4.78 is 0. The molecule has 0 amide bonds. The van der Waals surface area contributed by atoms with Crippen molar-refractivity contribution in [3.05, 3.63) is 47.0 Å². The fourth-order valence-corrected chi connectivity index (χ4v) is 6.67. The van der Waals surface area contributed by atoms with Gasteiger partial charge in [0.25, 0.3) is 0 Å². The molecule has 0 fully saturated rings. The maximum atomic E-state index is 2.59. The van der Waals surface area contributed by atoms with E-state index >= 15 is 0 Å². The van der Waals surface area contributed by atoms with Crippen LogP contribution in [0.2, 0.25) is 0 Å². The average Bonchev–Trinajstić information content (AvgIpc) is 2.97. The molecule has 0 saturated heterocycles. The second kappa shape index (κ2) is 24.3. The molecule has 0 nitrogen and oxygen atoms in total. The third-order valence-electron chi connectivity index (χ3n) is 9.23. The molecule has 0 saturated carbocycles. The lowest BCUT2D eigenvalue weighted by atomic mass is 9.86. The fourth-order valence-electron chi connectivity index (χ4n) is 6.67. The van der Waals surface area contributed by atoms with E-state index in [1.807, 2.05) is 0 Å². The van der Waals surface area contributed by atoms with Gasteiger partial charge < -0.3 is 0 Å². The Morgan fingerprint density at radius 3 is 1.23 bits per heavy atom. The van der Waals surface area contributed by atoms with Crippen LogP contribution in [-0.2, 0) is 19.3 Å². The van der Waals surface area contributed by atoms with Crippen molar-refractivity contribution in [2.24, 2.45) is 0 Å². The maximum Gasteiger partial charge on any atom is -0.0149 e. The van der Waals surface area contributed by atoms with Gasteiger partial charge in [-0.3, -0.25) is 0 Å². The molecule has 0 aliphatic heterocycles. The van der Waals surface area contributed by atoms with E-state index < -0.39 is 0 Å². The van der Waals surface area contributed by atoms with Gasteiger partial charge in [0.2, 0.25) is 0 Å². The molecule has 0 unspecified atom stereocenters. The Balaban J connectivity index is 1.99. The second-order valence-corrected chi connectivity index (χ2v) is 12.9. The lowest BCUT2D eigenvalue weighted by Crippen LogP contribution is -2.04. The van der Waals surface area contributed by atoms with Crippen LogP contribution >= 0.6 is 0 Å². The minimum Gasteiger partial charge on any atom is -0.0654 e. The summed E-state index contributed by atoms with van der Waals surface area (Å²) in [5, 5.41) is 3.05. The van der Waals surface area contributed by atoms with E-state index in [9.17, 15) is 0 Å². The molecule has 0 aliphatic carbocycles. The largest absolute Gasteiger partial charge is 0.0654 e. The number of rotatable bonds is 27. The molecule has 0 heteroatoms. The topological polar surface area (TPSA) is 0 Å². The molecule has 0 radical (unpaired) electrons. The number of aryl methyl sites for hydroxylation is 2. The predicted molar refractivity (Wildman–Crippen MR) is 183 cm³/mol. The number of hydrogen-bond donors (Lipinski definition) is 0. The van der Waals surface area contributed by atoms with Crippen LogP contribution in [0.4, 0.5) is 0 Å². The van der Waals surface area contributed by atoms with Gasteiger partial charge in [-0.2, -0.15) is 0 Å². The highest BCUT2D eigenvalue weighted by Gasteiger charge is 2.13. The molecule has 0 heterocycles. The smallest absolute Gasteiger partial charge is 0.0149 e. The van der Waals surface area contributed by atoms with E-state index in [-0.39, 0.29) is 0 Å². The zero-order valence-electron chi connectivity index (χ0n) is 27.5. The summed E-state index contributed by atoms with van der Waals surface area (Å²) in [6.07, 6.45) is 37.7. The van der Waals surface area contributed by atoms with Crippen molar-refractivity contribution in [2.75, 3.05) is 0 Å². The van der Waals surface area contributed by atoms with Crippen LogP contribution in [0.25, 0.3) is 10.8 Å². The SMILES string of the molecule is CCCCCCCCCCCCc1cc2ccccc2c(CCCCCCCCC)c1CCCCCCCCC. The first kappa shape index (κ1) is 34.9. The Morgan fingerprint density at radius 1 is 0.375 bits per heavy atom. The van der Waals surface area contributed by atoms with Gasteiger partial charge in [0.15, 0.2) is 0 Å². The maximum absolute atomic E-state index is 2.59. The van der Waals surface area contributed by atoms with Crippen LogP contribution in [0.15, 0.2) is 30.3 Å². The van der Waals surface area contributed by atoms with E-state index in [4.69, 9.17) is 0 Å². The van der Waals surface area contributed by atoms with E-state index in [0.29, 0.717) is 0 Å². The van der Waals surface area contributed by atoms with Crippen molar-refractivity contribution in [1.29, 1.82) is 0 Å². The summed E-state index contributed by atoms with van der Waals surface area (Å²) in [6.45, 7) is 6.96. The predicted octanol–water partition coefficient (Wildman–Crippen LogP) is 13.9. The van der Waals surface area contributed by atoms with E-state index in [1.54, 1.807) is 22.1 Å². The van der Waals surface area contributed by atoms with Gasteiger partial charge >= 0.3 is 0 Å². The van der Waals surface area contributed by atoms with Gasteiger partial charge in [-0.25, -0.2) is 0 Å². The molecule has 0 bridgehead atoms.